The van der Waals surface area contributed by atoms with Crippen LogP contribution >= 0.6 is 0 Å². The van der Waals surface area contributed by atoms with Crippen molar-refractivity contribution in [2.75, 3.05) is 28.9 Å². The summed E-state index contributed by atoms with van der Waals surface area (Å²) in [7, 11) is -4.33. The van der Waals surface area contributed by atoms with E-state index in [-0.39, 0.29) is 42.5 Å². The predicted molar refractivity (Wildman–Crippen MR) is 181 cm³/mol. The summed E-state index contributed by atoms with van der Waals surface area (Å²) < 4.78 is 95.6. The van der Waals surface area contributed by atoms with Crippen LogP contribution < -0.4 is 14.8 Å². The van der Waals surface area contributed by atoms with Crippen LogP contribution in [0.1, 0.15) is 46.1 Å². The summed E-state index contributed by atoms with van der Waals surface area (Å²) in [4.78, 5) is 27.2. The number of aromatic nitrogens is 3. The smallest absolute Gasteiger partial charge is 0.410 e. The lowest BCUT2D eigenvalue weighted by Crippen LogP contribution is -2.51. The molecule has 50 heavy (non-hydrogen) atoms. The standard InChI is InChI=1S/C34H38F4N6O5S/c1-20-8-9-23-24(10-11-26(36)28(23)43-50(46,47)16-13-34(5,37)38)29(20)48-30-25(7-6-14-39-30)27-12-15-40-31(42-27)41-22-17-21(35)18-44(19-22)32(45)49-33(2,3)4/h6-12,14-15,21-22,43H,13,16-19H2,1-5H3,(H,40,41,42)/t21-,22-/m0/s1. The van der Waals surface area contributed by atoms with Gasteiger partial charge in [-0.2, -0.15) is 0 Å². The Hall–Kier alpha value is -4.73. The maximum absolute atomic E-state index is 15.0. The van der Waals surface area contributed by atoms with Crippen LogP contribution in [-0.4, -0.2) is 76.9 Å². The molecule has 1 fully saturated rings. The first-order chi connectivity index (χ1) is 23.4. The molecule has 1 amide bonds. The summed E-state index contributed by atoms with van der Waals surface area (Å²) in [6.45, 7) is 7.64. The van der Waals surface area contributed by atoms with Gasteiger partial charge in [-0.3, -0.25) is 4.72 Å². The van der Waals surface area contributed by atoms with Crippen molar-refractivity contribution in [3.63, 3.8) is 0 Å². The number of pyridine rings is 1. The Morgan fingerprint density at radius 3 is 2.48 bits per heavy atom. The minimum absolute atomic E-state index is 0.0876. The van der Waals surface area contributed by atoms with Gasteiger partial charge in [-0.05, 0) is 70.5 Å². The van der Waals surface area contributed by atoms with E-state index in [0.29, 0.717) is 29.1 Å². The second-order valence-electron chi connectivity index (χ2n) is 13.3. The number of likely N-dealkylation sites (tertiary alicyclic amines) is 1. The van der Waals surface area contributed by atoms with Gasteiger partial charge in [0.2, 0.25) is 27.8 Å². The van der Waals surface area contributed by atoms with Crippen molar-refractivity contribution in [3.8, 4) is 22.9 Å². The predicted octanol–water partition coefficient (Wildman–Crippen LogP) is 7.48. The number of amides is 1. The molecule has 4 aromatic rings. The number of carbonyl (C=O) groups excluding carboxylic acids is 1. The molecule has 0 unspecified atom stereocenters. The fraction of sp³-hybridized carbons (Fsp3) is 0.412. The van der Waals surface area contributed by atoms with Gasteiger partial charge < -0.3 is 19.7 Å². The van der Waals surface area contributed by atoms with Gasteiger partial charge in [-0.15, -0.1) is 0 Å². The number of nitrogens with one attached hydrogen (secondary N) is 2. The lowest BCUT2D eigenvalue weighted by molar-refractivity contribution is 0.0123. The molecule has 0 radical (unpaired) electrons. The number of piperidine rings is 1. The Morgan fingerprint density at radius 2 is 1.76 bits per heavy atom. The highest BCUT2D eigenvalue weighted by molar-refractivity contribution is 7.92. The first-order valence-corrected chi connectivity index (χ1v) is 17.5. The zero-order valence-corrected chi connectivity index (χ0v) is 29.0. The van der Waals surface area contributed by atoms with Crippen LogP contribution in [0.25, 0.3) is 22.0 Å². The second kappa shape index (κ2) is 14.2. The average Bonchev–Trinajstić information content (AvgIpc) is 3.02. The maximum Gasteiger partial charge on any atom is 0.410 e. The second-order valence-corrected chi connectivity index (χ2v) is 15.1. The van der Waals surface area contributed by atoms with Gasteiger partial charge >= 0.3 is 6.09 Å². The Morgan fingerprint density at radius 1 is 1.02 bits per heavy atom. The Bertz CT molecular complexity index is 1990. The summed E-state index contributed by atoms with van der Waals surface area (Å²) in [5.74, 6) is -4.50. The number of halogens is 4. The quantitative estimate of drug-likeness (QED) is 0.160. The largest absolute Gasteiger partial charge is 0.444 e. The number of benzene rings is 2. The van der Waals surface area contributed by atoms with Gasteiger partial charge in [0.15, 0.2) is 0 Å². The molecule has 5 rings (SSSR count). The van der Waals surface area contributed by atoms with E-state index in [1.807, 2.05) is 0 Å². The zero-order valence-electron chi connectivity index (χ0n) is 28.1. The number of fused-ring (bicyclic) bond motifs is 1. The van der Waals surface area contributed by atoms with Crippen LogP contribution in [0.15, 0.2) is 54.9 Å². The third-order valence-corrected chi connectivity index (χ3v) is 8.91. The monoisotopic (exact) mass is 718 g/mol. The molecule has 0 saturated carbocycles. The van der Waals surface area contributed by atoms with E-state index in [1.54, 1.807) is 52.0 Å². The van der Waals surface area contributed by atoms with E-state index in [1.165, 1.54) is 29.4 Å². The van der Waals surface area contributed by atoms with Gasteiger partial charge in [0.25, 0.3) is 0 Å². The zero-order chi connectivity index (χ0) is 36.4. The number of anilines is 2. The first-order valence-electron chi connectivity index (χ1n) is 15.8. The Kier molecular flexibility index (Phi) is 10.4. The average molecular weight is 719 g/mol. The molecule has 0 aliphatic carbocycles. The van der Waals surface area contributed by atoms with E-state index in [9.17, 15) is 26.4 Å². The molecule has 0 spiro atoms. The number of hydrogen-bond donors (Lipinski definition) is 2. The van der Waals surface area contributed by atoms with E-state index in [0.717, 1.165) is 6.07 Å². The van der Waals surface area contributed by atoms with Crippen LogP contribution in [-0.2, 0) is 14.8 Å². The van der Waals surface area contributed by atoms with Gasteiger partial charge in [0.1, 0.15) is 23.3 Å². The number of alkyl halides is 3. The molecule has 16 heteroatoms. The molecule has 2 aromatic heterocycles. The van der Waals surface area contributed by atoms with Gasteiger partial charge in [0.05, 0.1) is 29.2 Å². The number of hydrogen-bond acceptors (Lipinski definition) is 9. The summed E-state index contributed by atoms with van der Waals surface area (Å²) in [5, 5.41) is 3.59. The lowest BCUT2D eigenvalue weighted by Gasteiger charge is -2.36. The third-order valence-electron chi connectivity index (χ3n) is 7.65. The van der Waals surface area contributed by atoms with Crippen molar-refractivity contribution in [2.24, 2.45) is 0 Å². The number of rotatable bonds is 10. The molecule has 3 heterocycles. The topological polar surface area (TPSA) is 136 Å². The van der Waals surface area contributed by atoms with E-state index >= 15 is 4.39 Å². The molecule has 268 valence electrons. The number of carbonyl (C=O) groups is 1. The fourth-order valence-corrected chi connectivity index (χ4v) is 6.61. The molecule has 1 aliphatic rings. The molecule has 2 aromatic carbocycles. The van der Waals surface area contributed by atoms with Crippen molar-refractivity contribution in [2.45, 2.75) is 71.2 Å². The van der Waals surface area contributed by atoms with Crippen LogP contribution in [0.3, 0.4) is 0 Å². The van der Waals surface area contributed by atoms with E-state index in [4.69, 9.17) is 9.47 Å². The van der Waals surface area contributed by atoms with Crippen LogP contribution in [0, 0.1) is 12.7 Å². The highest BCUT2D eigenvalue weighted by Gasteiger charge is 2.33. The van der Waals surface area contributed by atoms with Gasteiger partial charge in [0, 0.05) is 48.6 Å². The van der Waals surface area contributed by atoms with Crippen LogP contribution in [0.5, 0.6) is 11.6 Å². The number of sulfonamides is 1. The summed E-state index contributed by atoms with van der Waals surface area (Å²) in [6.07, 6.45) is 0.281. The van der Waals surface area contributed by atoms with Gasteiger partial charge in [-0.25, -0.2) is 45.7 Å². The first kappa shape index (κ1) is 36.5. The Labute approximate surface area is 287 Å². The SMILES string of the molecule is Cc1ccc2c(NS(=O)(=O)CCC(C)(F)F)c(F)ccc2c1Oc1ncccc1-c1ccnc(N[C@H]2C[C@H](F)CN(C(=O)OC(C)(C)C)C2)n1. The van der Waals surface area contributed by atoms with Crippen molar-refractivity contribution < 1.29 is 40.2 Å². The number of aryl methyl sites for hydroxylation is 1. The normalized spacial score (nSPS) is 17.0. The minimum Gasteiger partial charge on any atom is -0.444 e. The fourth-order valence-electron chi connectivity index (χ4n) is 5.36. The lowest BCUT2D eigenvalue weighted by atomic mass is 10.0. The van der Waals surface area contributed by atoms with Crippen molar-refractivity contribution >= 4 is 38.5 Å². The van der Waals surface area contributed by atoms with Crippen molar-refractivity contribution in [3.05, 3.63) is 66.2 Å². The third kappa shape index (κ3) is 9.28. The van der Waals surface area contributed by atoms with Crippen molar-refractivity contribution in [1.29, 1.82) is 0 Å². The molecule has 1 saturated heterocycles. The highest BCUT2D eigenvalue weighted by atomic mass is 32.2. The summed E-state index contributed by atoms with van der Waals surface area (Å²) in [5.41, 5.74) is 0.315. The number of ether oxygens (including phenoxy) is 2. The van der Waals surface area contributed by atoms with E-state index in [2.05, 4.69) is 25.0 Å². The van der Waals surface area contributed by atoms with E-state index < -0.39 is 63.5 Å². The molecule has 2 atom stereocenters. The molecule has 2 N–H and O–H groups in total. The molecule has 0 bridgehead atoms. The maximum atomic E-state index is 15.0. The molecule has 11 nitrogen and oxygen atoms in total. The van der Waals surface area contributed by atoms with Crippen LogP contribution in [0.4, 0.5) is 34.0 Å². The molecular weight excluding hydrogens is 680 g/mol. The molecular formula is C34H38F4N6O5S. The number of nitrogens with zero attached hydrogens (tertiary/aromatic N) is 4. The van der Waals surface area contributed by atoms with Crippen molar-refractivity contribution in [1.82, 2.24) is 19.9 Å². The molecule has 1 aliphatic heterocycles. The Balaban J connectivity index is 1.41. The minimum atomic E-state index is -4.33. The van der Waals surface area contributed by atoms with Crippen LogP contribution in [0.2, 0.25) is 0 Å². The summed E-state index contributed by atoms with van der Waals surface area (Å²) >= 11 is 0. The van der Waals surface area contributed by atoms with Gasteiger partial charge in [-0.1, -0.05) is 12.1 Å². The summed E-state index contributed by atoms with van der Waals surface area (Å²) in [6, 6.07) is 10.1. The highest BCUT2D eigenvalue weighted by Crippen LogP contribution is 2.40.